The smallest absolute Gasteiger partial charge is 0.220 e. The molecule has 4 heteroatoms. The Balaban J connectivity index is 2.31. The fraction of sp³-hybridized carbons (Fsp3) is 0.500. The molecular weight excluding hydrogens is 202 g/mol. The molecule has 1 saturated heterocycles. The lowest BCUT2D eigenvalue weighted by Gasteiger charge is -2.37. The van der Waals surface area contributed by atoms with Gasteiger partial charge in [0.2, 0.25) is 5.91 Å². The van der Waals surface area contributed by atoms with Gasteiger partial charge in [-0.15, -0.1) is 0 Å². The Kier molecular flexibility index (Phi) is 3.19. The molecule has 1 aliphatic heterocycles. The highest BCUT2D eigenvalue weighted by molar-refractivity contribution is 5.78. The maximum atomic E-state index is 11.6. The molecule has 86 valence electrons. The van der Waals surface area contributed by atoms with E-state index < -0.39 is 0 Å². The third-order valence-electron chi connectivity index (χ3n) is 3.23. The first-order chi connectivity index (χ1) is 7.77. The number of pyridine rings is 1. The van der Waals surface area contributed by atoms with Crippen molar-refractivity contribution in [2.45, 2.75) is 18.3 Å². The third kappa shape index (κ3) is 2.07. The van der Waals surface area contributed by atoms with E-state index >= 15 is 0 Å². The number of carbonyl (C=O) groups is 1. The van der Waals surface area contributed by atoms with Crippen molar-refractivity contribution in [3.63, 3.8) is 0 Å². The van der Waals surface area contributed by atoms with Crippen molar-refractivity contribution in [2.75, 3.05) is 20.1 Å². The molecular formula is C12H17N3O. The zero-order valence-electron chi connectivity index (χ0n) is 9.49. The van der Waals surface area contributed by atoms with Crippen molar-refractivity contribution < 1.29 is 4.79 Å². The fourth-order valence-corrected chi connectivity index (χ4v) is 2.44. The van der Waals surface area contributed by atoms with Crippen LogP contribution in [0.3, 0.4) is 0 Å². The van der Waals surface area contributed by atoms with Crippen LogP contribution in [0.25, 0.3) is 0 Å². The van der Waals surface area contributed by atoms with Crippen molar-refractivity contribution in [1.82, 2.24) is 15.6 Å². The number of rotatable bonds is 3. The molecule has 1 atom stereocenters. The monoisotopic (exact) mass is 219 g/mol. The van der Waals surface area contributed by atoms with E-state index in [0.717, 1.165) is 19.5 Å². The normalized spacial score (nSPS) is 25.2. The molecule has 0 aromatic carbocycles. The van der Waals surface area contributed by atoms with E-state index in [0.29, 0.717) is 6.42 Å². The number of hydrogen-bond acceptors (Lipinski definition) is 3. The summed E-state index contributed by atoms with van der Waals surface area (Å²) in [5.41, 5.74) is 1.13. The molecule has 0 saturated carbocycles. The van der Waals surface area contributed by atoms with Gasteiger partial charge in [0.05, 0.1) is 0 Å². The van der Waals surface area contributed by atoms with Gasteiger partial charge < -0.3 is 10.6 Å². The second kappa shape index (κ2) is 4.61. The van der Waals surface area contributed by atoms with Crippen molar-refractivity contribution >= 4 is 5.91 Å². The quantitative estimate of drug-likeness (QED) is 0.776. The zero-order valence-corrected chi connectivity index (χ0v) is 9.49. The van der Waals surface area contributed by atoms with E-state index in [4.69, 9.17) is 0 Å². The lowest BCUT2D eigenvalue weighted by atomic mass is 9.73. The summed E-state index contributed by atoms with van der Waals surface area (Å²) in [5, 5.41) is 6.08. The fourth-order valence-electron chi connectivity index (χ4n) is 2.44. The molecule has 0 radical (unpaired) electrons. The van der Waals surface area contributed by atoms with Crippen LogP contribution in [0.2, 0.25) is 0 Å². The van der Waals surface area contributed by atoms with Crippen molar-refractivity contribution in [1.29, 1.82) is 0 Å². The number of carbonyl (C=O) groups excluding carboxylic acids is 1. The molecule has 1 unspecified atom stereocenters. The van der Waals surface area contributed by atoms with Crippen LogP contribution >= 0.6 is 0 Å². The SMILES string of the molecule is CNCC1(c2ccncc2)CCNC(=O)C1. The van der Waals surface area contributed by atoms with E-state index in [9.17, 15) is 4.79 Å². The van der Waals surface area contributed by atoms with Gasteiger partial charge in [0.15, 0.2) is 0 Å². The summed E-state index contributed by atoms with van der Waals surface area (Å²) >= 11 is 0. The molecule has 16 heavy (non-hydrogen) atoms. The van der Waals surface area contributed by atoms with Crippen LogP contribution in [-0.4, -0.2) is 31.0 Å². The van der Waals surface area contributed by atoms with Crippen molar-refractivity contribution in [3.8, 4) is 0 Å². The summed E-state index contributed by atoms with van der Waals surface area (Å²) < 4.78 is 0. The lowest BCUT2D eigenvalue weighted by Crippen LogP contribution is -2.48. The molecule has 2 N–H and O–H groups in total. The molecule has 1 aliphatic rings. The van der Waals surface area contributed by atoms with Gasteiger partial charge in [0.25, 0.3) is 0 Å². The number of aromatic nitrogens is 1. The second-order valence-electron chi connectivity index (χ2n) is 4.32. The first kappa shape index (κ1) is 11.1. The summed E-state index contributed by atoms with van der Waals surface area (Å²) in [5.74, 6) is 0.137. The summed E-state index contributed by atoms with van der Waals surface area (Å²) in [6.45, 7) is 1.58. The highest BCUT2D eigenvalue weighted by Gasteiger charge is 2.36. The van der Waals surface area contributed by atoms with Crippen LogP contribution in [0.5, 0.6) is 0 Å². The maximum Gasteiger partial charge on any atom is 0.220 e. The Labute approximate surface area is 95.5 Å². The van der Waals surface area contributed by atoms with Crippen LogP contribution in [0.4, 0.5) is 0 Å². The first-order valence-electron chi connectivity index (χ1n) is 5.59. The number of piperidine rings is 1. The van der Waals surface area contributed by atoms with E-state index in [2.05, 4.69) is 15.6 Å². The molecule has 0 aliphatic carbocycles. The van der Waals surface area contributed by atoms with Crippen LogP contribution in [-0.2, 0) is 10.2 Å². The van der Waals surface area contributed by atoms with Gasteiger partial charge in [-0.25, -0.2) is 0 Å². The Morgan fingerprint density at radius 3 is 2.88 bits per heavy atom. The highest BCUT2D eigenvalue weighted by atomic mass is 16.1. The Morgan fingerprint density at radius 2 is 2.25 bits per heavy atom. The van der Waals surface area contributed by atoms with E-state index in [1.54, 1.807) is 12.4 Å². The molecule has 4 nitrogen and oxygen atoms in total. The summed E-state index contributed by atoms with van der Waals surface area (Å²) in [6, 6.07) is 4.02. The average molecular weight is 219 g/mol. The molecule has 0 spiro atoms. The minimum absolute atomic E-state index is 0.0694. The molecule has 0 bridgehead atoms. The topological polar surface area (TPSA) is 54.0 Å². The summed E-state index contributed by atoms with van der Waals surface area (Å²) in [7, 11) is 1.93. The molecule has 2 rings (SSSR count). The number of hydrogen-bond donors (Lipinski definition) is 2. The lowest BCUT2D eigenvalue weighted by molar-refractivity contribution is -0.124. The summed E-state index contributed by atoms with van der Waals surface area (Å²) in [6.07, 6.45) is 5.11. The highest BCUT2D eigenvalue weighted by Crippen LogP contribution is 2.32. The van der Waals surface area contributed by atoms with Crippen LogP contribution in [0.1, 0.15) is 18.4 Å². The molecule has 1 aromatic heterocycles. The van der Waals surface area contributed by atoms with Gasteiger partial charge in [-0.2, -0.15) is 0 Å². The van der Waals surface area contributed by atoms with Crippen molar-refractivity contribution in [3.05, 3.63) is 30.1 Å². The summed E-state index contributed by atoms with van der Waals surface area (Å²) in [4.78, 5) is 15.6. The Morgan fingerprint density at radius 1 is 1.50 bits per heavy atom. The van der Waals surface area contributed by atoms with Crippen LogP contribution in [0.15, 0.2) is 24.5 Å². The van der Waals surface area contributed by atoms with E-state index in [1.807, 2.05) is 19.2 Å². The number of likely N-dealkylation sites (N-methyl/N-ethyl adjacent to an activating group) is 1. The standard InChI is InChI=1S/C12H17N3O/c1-13-9-12(4-7-15-11(16)8-12)10-2-5-14-6-3-10/h2-3,5-6,13H,4,7-9H2,1H3,(H,15,16). The first-order valence-corrected chi connectivity index (χ1v) is 5.59. The molecule has 2 heterocycles. The number of nitrogens with zero attached hydrogens (tertiary/aromatic N) is 1. The third-order valence-corrected chi connectivity index (χ3v) is 3.23. The van der Waals surface area contributed by atoms with E-state index in [1.165, 1.54) is 5.56 Å². The van der Waals surface area contributed by atoms with Crippen molar-refractivity contribution in [2.24, 2.45) is 0 Å². The Hall–Kier alpha value is -1.42. The minimum atomic E-state index is -0.0694. The minimum Gasteiger partial charge on any atom is -0.356 e. The largest absolute Gasteiger partial charge is 0.356 e. The maximum absolute atomic E-state index is 11.6. The van der Waals surface area contributed by atoms with Gasteiger partial charge >= 0.3 is 0 Å². The Bertz CT molecular complexity index is 362. The molecule has 1 fully saturated rings. The number of amides is 1. The van der Waals surface area contributed by atoms with Gasteiger partial charge in [-0.3, -0.25) is 9.78 Å². The average Bonchev–Trinajstić information content (AvgIpc) is 2.31. The predicted octanol–water partition coefficient (Wildman–Crippen LogP) is 0.449. The zero-order chi connectivity index (χ0) is 11.4. The van der Waals surface area contributed by atoms with Crippen LogP contribution < -0.4 is 10.6 Å². The van der Waals surface area contributed by atoms with Gasteiger partial charge in [-0.1, -0.05) is 0 Å². The van der Waals surface area contributed by atoms with Gasteiger partial charge in [0.1, 0.15) is 0 Å². The number of nitrogens with one attached hydrogen (secondary N) is 2. The van der Waals surface area contributed by atoms with Gasteiger partial charge in [0, 0.05) is 37.3 Å². The van der Waals surface area contributed by atoms with E-state index in [-0.39, 0.29) is 11.3 Å². The van der Waals surface area contributed by atoms with Gasteiger partial charge in [-0.05, 0) is 31.2 Å². The second-order valence-corrected chi connectivity index (χ2v) is 4.32. The predicted molar refractivity (Wildman–Crippen MR) is 62.1 cm³/mol. The molecule has 1 amide bonds. The van der Waals surface area contributed by atoms with Crippen LogP contribution in [0, 0.1) is 0 Å². The molecule has 1 aromatic rings.